The molecule has 0 heterocycles. The molecule has 1 rings (SSSR count). The van der Waals surface area contributed by atoms with Crippen LogP contribution in [0.15, 0.2) is 24.3 Å². The average Bonchev–Trinajstić information content (AvgIpc) is 2.36. The number of amides is 2. The minimum absolute atomic E-state index is 0.170. The Balaban J connectivity index is 2.42. The van der Waals surface area contributed by atoms with Gasteiger partial charge < -0.3 is 10.5 Å². The molecule has 1 atom stereocenters. The highest BCUT2D eigenvalue weighted by molar-refractivity contribution is 5.85. The van der Waals surface area contributed by atoms with Crippen LogP contribution in [-0.2, 0) is 16.0 Å². The van der Waals surface area contributed by atoms with Crippen molar-refractivity contribution in [2.45, 2.75) is 19.4 Å². The Bertz CT molecular complexity index is 415. The zero-order valence-corrected chi connectivity index (χ0v) is 10.4. The molecular formula is C12H17N3O3. The van der Waals surface area contributed by atoms with Gasteiger partial charge in [0.1, 0.15) is 5.75 Å². The molecule has 1 unspecified atom stereocenters. The molecule has 0 saturated heterocycles. The maximum Gasteiger partial charge on any atom is 0.254 e. The van der Waals surface area contributed by atoms with Crippen molar-refractivity contribution in [3.63, 3.8) is 0 Å². The maximum absolute atomic E-state index is 11.5. The summed E-state index contributed by atoms with van der Waals surface area (Å²) in [5, 5.41) is 0. The number of benzene rings is 1. The number of ether oxygens (including phenoxy) is 1. The first-order valence-corrected chi connectivity index (χ1v) is 5.50. The van der Waals surface area contributed by atoms with Gasteiger partial charge in [-0.05, 0) is 24.6 Å². The molecule has 98 valence electrons. The van der Waals surface area contributed by atoms with Crippen molar-refractivity contribution >= 4 is 11.8 Å². The first kappa shape index (κ1) is 14.0. The second-order valence-corrected chi connectivity index (χ2v) is 3.85. The van der Waals surface area contributed by atoms with Gasteiger partial charge in [0, 0.05) is 0 Å². The van der Waals surface area contributed by atoms with Gasteiger partial charge in [0.05, 0.1) is 19.6 Å². The summed E-state index contributed by atoms with van der Waals surface area (Å²) in [5.74, 6) is -0.0170. The van der Waals surface area contributed by atoms with Gasteiger partial charge >= 0.3 is 0 Å². The third kappa shape index (κ3) is 4.42. The molecule has 1 aromatic rings. The summed E-state index contributed by atoms with van der Waals surface area (Å²) in [7, 11) is 1.57. The summed E-state index contributed by atoms with van der Waals surface area (Å²) in [6.07, 6.45) is 0.170. The number of hydrogen-bond acceptors (Lipinski definition) is 4. The molecule has 0 spiro atoms. The Kier molecular flexibility index (Phi) is 5.13. The monoisotopic (exact) mass is 251 g/mol. The van der Waals surface area contributed by atoms with E-state index in [1.165, 1.54) is 6.92 Å². The predicted octanol–water partition coefficient (Wildman–Crippen LogP) is -0.268. The van der Waals surface area contributed by atoms with E-state index in [4.69, 9.17) is 10.5 Å². The van der Waals surface area contributed by atoms with Crippen LogP contribution >= 0.6 is 0 Å². The van der Waals surface area contributed by atoms with Crippen LogP contribution in [0.1, 0.15) is 12.5 Å². The van der Waals surface area contributed by atoms with Gasteiger partial charge in [-0.15, -0.1) is 0 Å². The normalized spacial score (nSPS) is 11.5. The first-order chi connectivity index (χ1) is 8.52. The van der Waals surface area contributed by atoms with Gasteiger partial charge in [0.15, 0.2) is 0 Å². The molecule has 6 heteroatoms. The lowest BCUT2D eigenvalue weighted by Gasteiger charge is -2.09. The van der Waals surface area contributed by atoms with Crippen LogP contribution in [0.5, 0.6) is 5.75 Å². The summed E-state index contributed by atoms with van der Waals surface area (Å²) in [6, 6.07) is 6.44. The molecule has 6 nitrogen and oxygen atoms in total. The molecule has 2 amide bonds. The Morgan fingerprint density at radius 1 is 1.28 bits per heavy atom. The largest absolute Gasteiger partial charge is 0.497 e. The lowest BCUT2D eigenvalue weighted by Crippen LogP contribution is -2.48. The summed E-state index contributed by atoms with van der Waals surface area (Å²) in [5.41, 5.74) is 10.7. The molecule has 0 saturated carbocycles. The zero-order chi connectivity index (χ0) is 13.5. The molecule has 0 aliphatic heterocycles. The number of carbonyl (C=O) groups is 2. The van der Waals surface area contributed by atoms with E-state index in [0.717, 1.165) is 11.3 Å². The third-order valence-electron chi connectivity index (χ3n) is 2.26. The quantitative estimate of drug-likeness (QED) is 0.642. The highest BCUT2D eigenvalue weighted by atomic mass is 16.5. The fourth-order valence-corrected chi connectivity index (χ4v) is 1.22. The summed E-state index contributed by atoms with van der Waals surface area (Å²) >= 11 is 0. The third-order valence-corrected chi connectivity index (χ3v) is 2.26. The average molecular weight is 251 g/mol. The molecule has 18 heavy (non-hydrogen) atoms. The van der Waals surface area contributed by atoms with E-state index >= 15 is 0 Å². The van der Waals surface area contributed by atoms with Gasteiger partial charge in [0.2, 0.25) is 5.91 Å². The number of methoxy groups -OCH3 is 1. The molecule has 4 N–H and O–H groups in total. The number of nitrogens with one attached hydrogen (secondary N) is 2. The van der Waals surface area contributed by atoms with Crippen LogP contribution in [0, 0.1) is 0 Å². The Hall–Kier alpha value is -2.08. The van der Waals surface area contributed by atoms with E-state index in [0.29, 0.717) is 0 Å². The van der Waals surface area contributed by atoms with Crippen molar-refractivity contribution in [1.29, 1.82) is 0 Å². The van der Waals surface area contributed by atoms with Crippen LogP contribution in [0.2, 0.25) is 0 Å². The van der Waals surface area contributed by atoms with E-state index in [9.17, 15) is 9.59 Å². The van der Waals surface area contributed by atoms with Crippen molar-refractivity contribution in [2.24, 2.45) is 5.73 Å². The number of hydrazine groups is 1. The Labute approximate surface area is 105 Å². The van der Waals surface area contributed by atoms with Gasteiger partial charge in [-0.1, -0.05) is 12.1 Å². The summed E-state index contributed by atoms with van der Waals surface area (Å²) in [4.78, 5) is 22.6. The van der Waals surface area contributed by atoms with E-state index in [2.05, 4.69) is 10.9 Å². The predicted molar refractivity (Wildman–Crippen MR) is 66.6 cm³/mol. The minimum Gasteiger partial charge on any atom is -0.497 e. The Morgan fingerprint density at radius 2 is 1.89 bits per heavy atom. The smallest absolute Gasteiger partial charge is 0.254 e. The van der Waals surface area contributed by atoms with E-state index < -0.39 is 11.9 Å². The molecule has 0 radical (unpaired) electrons. The highest BCUT2D eigenvalue weighted by Gasteiger charge is 2.08. The number of carbonyl (C=O) groups excluding carboxylic acids is 2. The van der Waals surface area contributed by atoms with E-state index in [1.807, 2.05) is 0 Å². The van der Waals surface area contributed by atoms with Crippen molar-refractivity contribution in [3.8, 4) is 5.75 Å². The van der Waals surface area contributed by atoms with E-state index in [1.54, 1.807) is 31.4 Å². The second-order valence-electron chi connectivity index (χ2n) is 3.85. The second kappa shape index (κ2) is 6.61. The molecule has 1 aromatic carbocycles. The summed E-state index contributed by atoms with van der Waals surface area (Å²) < 4.78 is 5.01. The summed E-state index contributed by atoms with van der Waals surface area (Å²) in [6.45, 7) is 1.53. The molecule has 0 aliphatic rings. The standard InChI is InChI=1S/C12H17N3O3/c1-8(13)12(17)15-14-11(16)7-9-3-5-10(18-2)6-4-9/h3-6,8H,7,13H2,1-2H3,(H,14,16)(H,15,17). The lowest BCUT2D eigenvalue weighted by atomic mass is 10.1. The van der Waals surface area contributed by atoms with Crippen molar-refractivity contribution in [1.82, 2.24) is 10.9 Å². The van der Waals surface area contributed by atoms with Crippen molar-refractivity contribution in [3.05, 3.63) is 29.8 Å². The Morgan fingerprint density at radius 3 is 2.39 bits per heavy atom. The fourth-order valence-electron chi connectivity index (χ4n) is 1.22. The van der Waals surface area contributed by atoms with Crippen LogP contribution < -0.4 is 21.3 Å². The molecular weight excluding hydrogens is 234 g/mol. The maximum atomic E-state index is 11.5. The molecule has 0 aromatic heterocycles. The minimum atomic E-state index is -0.661. The van der Waals surface area contributed by atoms with Crippen molar-refractivity contribution < 1.29 is 14.3 Å². The fraction of sp³-hybridized carbons (Fsp3) is 0.333. The topological polar surface area (TPSA) is 93.5 Å². The van der Waals surface area contributed by atoms with Crippen LogP contribution in [0.4, 0.5) is 0 Å². The molecule has 0 bridgehead atoms. The van der Waals surface area contributed by atoms with Crippen LogP contribution in [0.25, 0.3) is 0 Å². The number of rotatable bonds is 4. The number of hydrogen-bond donors (Lipinski definition) is 3. The molecule has 0 aliphatic carbocycles. The van der Waals surface area contributed by atoms with Gasteiger partial charge in [0.25, 0.3) is 5.91 Å². The zero-order valence-electron chi connectivity index (χ0n) is 10.4. The first-order valence-electron chi connectivity index (χ1n) is 5.50. The highest BCUT2D eigenvalue weighted by Crippen LogP contribution is 2.11. The van der Waals surface area contributed by atoms with Crippen LogP contribution in [0.3, 0.4) is 0 Å². The van der Waals surface area contributed by atoms with Gasteiger partial charge in [-0.2, -0.15) is 0 Å². The van der Waals surface area contributed by atoms with Gasteiger partial charge in [-0.25, -0.2) is 0 Å². The van der Waals surface area contributed by atoms with Gasteiger partial charge in [-0.3, -0.25) is 20.4 Å². The van der Waals surface area contributed by atoms with Crippen molar-refractivity contribution in [2.75, 3.05) is 7.11 Å². The molecule has 0 fully saturated rings. The lowest BCUT2D eigenvalue weighted by molar-refractivity contribution is -0.129. The SMILES string of the molecule is COc1ccc(CC(=O)NNC(=O)C(C)N)cc1. The van der Waals surface area contributed by atoms with Crippen LogP contribution in [-0.4, -0.2) is 25.0 Å². The van der Waals surface area contributed by atoms with E-state index in [-0.39, 0.29) is 12.3 Å². The number of nitrogens with two attached hydrogens (primary N) is 1.